The van der Waals surface area contributed by atoms with Gasteiger partial charge in [-0.2, -0.15) is 0 Å². The van der Waals surface area contributed by atoms with E-state index in [0.717, 1.165) is 11.1 Å². The molecule has 0 saturated carbocycles. The lowest BCUT2D eigenvalue weighted by Gasteiger charge is -2.34. The van der Waals surface area contributed by atoms with Gasteiger partial charge in [-0.05, 0) is 12.0 Å². The number of hydrogen-bond acceptors (Lipinski definition) is 4. The van der Waals surface area contributed by atoms with Gasteiger partial charge >= 0.3 is 5.97 Å². The van der Waals surface area contributed by atoms with E-state index in [1.807, 2.05) is 36.4 Å². The molecule has 0 amide bonds. The van der Waals surface area contributed by atoms with Gasteiger partial charge in [-0.15, -0.1) is 0 Å². The monoisotopic (exact) mass is 301 g/mol. The van der Waals surface area contributed by atoms with Crippen LogP contribution < -0.4 is 5.73 Å². The second kappa shape index (κ2) is 6.34. The summed E-state index contributed by atoms with van der Waals surface area (Å²) in [5.41, 5.74) is 8.14. The number of nitrogens with two attached hydrogens (primary N) is 1. The van der Waals surface area contributed by atoms with Gasteiger partial charge in [0, 0.05) is 12.5 Å². The molecule has 3 rings (SSSR count). The molecule has 0 fully saturated rings. The Labute approximate surface area is 129 Å². The van der Waals surface area contributed by atoms with Crippen molar-refractivity contribution in [2.24, 2.45) is 17.6 Å². The lowest BCUT2D eigenvalue weighted by atomic mass is 9.83. The van der Waals surface area contributed by atoms with Crippen molar-refractivity contribution in [3.8, 4) is 0 Å². The van der Waals surface area contributed by atoms with Crippen LogP contribution in [0.4, 0.5) is 0 Å². The molecule has 3 N–H and O–H groups in total. The van der Waals surface area contributed by atoms with Crippen molar-refractivity contribution in [3.63, 3.8) is 0 Å². The minimum absolute atomic E-state index is 0.120. The normalized spacial score (nSPS) is 26.7. The third-order valence-corrected chi connectivity index (χ3v) is 4.26. The molecular formula is C17H19NO4. The molecule has 2 aliphatic rings. The third kappa shape index (κ3) is 2.77. The van der Waals surface area contributed by atoms with Gasteiger partial charge in [0.25, 0.3) is 0 Å². The van der Waals surface area contributed by atoms with Gasteiger partial charge in [0.1, 0.15) is 0 Å². The fourth-order valence-corrected chi connectivity index (χ4v) is 3.14. The summed E-state index contributed by atoms with van der Waals surface area (Å²) in [6, 6.07) is 9.81. The summed E-state index contributed by atoms with van der Waals surface area (Å²) >= 11 is 0. The SMILES string of the molecule is NCC1=CC[C@@H]2C(C(=O)O)=CO[C@@H](OCc3ccccc3)[C@H]12. The summed E-state index contributed by atoms with van der Waals surface area (Å²) in [6.45, 7) is 0.811. The van der Waals surface area contributed by atoms with E-state index in [2.05, 4.69) is 0 Å². The molecule has 1 heterocycles. The van der Waals surface area contributed by atoms with E-state index in [9.17, 15) is 9.90 Å². The van der Waals surface area contributed by atoms with Crippen molar-refractivity contribution < 1.29 is 19.4 Å². The Kier molecular flexibility index (Phi) is 4.27. The van der Waals surface area contributed by atoms with Gasteiger partial charge in [-0.1, -0.05) is 42.0 Å². The lowest BCUT2D eigenvalue weighted by Crippen LogP contribution is -2.37. The van der Waals surface area contributed by atoms with Crippen LogP contribution in [0, 0.1) is 11.8 Å². The van der Waals surface area contributed by atoms with Crippen LogP contribution in [-0.2, 0) is 20.9 Å². The highest BCUT2D eigenvalue weighted by atomic mass is 16.7. The van der Waals surface area contributed by atoms with E-state index in [4.69, 9.17) is 15.2 Å². The summed E-state index contributed by atoms with van der Waals surface area (Å²) < 4.78 is 11.4. The van der Waals surface area contributed by atoms with E-state index < -0.39 is 12.3 Å². The fourth-order valence-electron chi connectivity index (χ4n) is 3.14. The smallest absolute Gasteiger partial charge is 0.335 e. The van der Waals surface area contributed by atoms with Gasteiger partial charge in [0.2, 0.25) is 6.29 Å². The van der Waals surface area contributed by atoms with Crippen molar-refractivity contribution in [2.75, 3.05) is 6.54 Å². The average molecular weight is 301 g/mol. The summed E-state index contributed by atoms with van der Waals surface area (Å²) in [6.07, 6.45) is 3.52. The Morgan fingerprint density at radius 1 is 1.36 bits per heavy atom. The Morgan fingerprint density at radius 2 is 2.14 bits per heavy atom. The molecule has 1 aromatic rings. The number of allylic oxidation sites excluding steroid dienone is 1. The third-order valence-electron chi connectivity index (χ3n) is 4.26. The number of carboxylic acid groups (broad SMARTS) is 1. The van der Waals surface area contributed by atoms with Crippen LogP contribution in [0.3, 0.4) is 0 Å². The largest absolute Gasteiger partial charge is 0.478 e. The van der Waals surface area contributed by atoms with Crippen LogP contribution in [0.1, 0.15) is 12.0 Å². The van der Waals surface area contributed by atoms with Crippen LogP contribution in [0.2, 0.25) is 0 Å². The maximum Gasteiger partial charge on any atom is 0.335 e. The molecule has 5 heteroatoms. The highest BCUT2D eigenvalue weighted by Crippen LogP contribution is 2.43. The van der Waals surface area contributed by atoms with Gasteiger partial charge in [-0.3, -0.25) is 0 Å². The first-order valence-electron chi connectivity index (χ1n) is 7.34. The molecule has 0 saturated heterocycles. The second-order valence-corrected chi connectivity index (χ2v) is 5.53. The standard InChI is InChI=1S/C17H19NO4/c18-8-12-6-7-13-14(16(19)20)10-22-17(15(12)13)21-9-11-4-2-1-3-5-11/h1-6,10,13,15,17H,7-9,18H2,(H,19,20)/t13-,15-,17-/m1/s1. The van der Waals surface area contributed by atoms with Crippen LogP contribution in [-0.4, -0.2) is 23.9 Å². The molecule has 0 bridgehead atoms. The van der Waals surface area contributed by atoms with Crippen molar-refractivity contribution >= 4 is 5.97 Å². The fraction of sp³-hybridized carbons (Fsp3) is 0.353. The minimum Gasteiger partial charge on any atom is -0.478 e. The molecule has 116 valence electrons. The highest BCUT2D eigenvalue weighted by molar-refractivity contribution is 5.87. The lowest BCUT2D eigenvalue weighted by molar-refractivity contribution is -0.159. The number of rotatable bonds is 5. The van der Waals surface area contributed by atoms with Crippen molar-refractivity contribution in [3.05, 3.63) is 59.4 Å². The molecule has 5 nitrogen and oxygen atoms in total. The predicted octanol–water partition coefficient (Wildman–Crippen LogP) is 2.05. The van der Waals surface area contributed by atoms with Gasteiger partial charge in [0.05, 0.1) is 24.4 Å². The topological polar surface area (TPSA) is 81.8 Å². The molecule has 0 spiro atoms. The van der Waals surface area contributed by atoms with Crippen LogP contribution in [0.15, 0.2) is 53.8 Å². The zero-order valence-corrected chi connectivity index (χ0v) is 12.1. The number of hydrogen-bond donors (Lipinski definition) is 2. The molecular weight excluding hydrogens is 282 g/mol. The molecule has 0 aromatic heterocycles. The molecule has 1 aliphatic heterocycles. The van der Waals surface area contributed by atoms with Crippen molar-refractivity contribution in [2.45, 2.75) is 19.3 Å². The summed E-state index contributed by atoms with van der Waals surface area (Å²) in [7, 11) is 0. The molecule has 1 aromatic carbocycles. The van der Waals surface area contributed by atoms with E-state index in [1.165, 1.54) is 6.26 Å². The molecule has 0 radical (unpaired) electrons. The Balaban J connectivity index is 1.76. The summed E-state index contributed by atoms with van der Waals surface area (Å²) in [4.78, 5) is 11.3. The Morgan fingerprint density at radius 3 is 2.82 bits per heavy atom. The second-order valence-electron chi connectivity index (χ2n) is 5.53. The Hall–Kier alpha value is -2.11. The quantitative estimate of drug-likeness (QED) is 0.813. The number of carboxylic acids is 1. The van der Waals surface area contributed by atoms with Gasteiger partial charge in [-0.25, -0.2) is 4.79 Å². The zero-order valence-electron chi connectivity index (χ0n) is 12.1. The molecule has 22 heavy (non-hydrogen) atoms. The van der Waals surface area contributed by atoms with Crippen LogP contribution in [0.25, 0.3) is 0 Å². The number of carbonyl (C=O) groups is 1. The number of fused-ring (bicyclic) bond motifs is 1. The average Bonchev–Trinajstić information content (AvgIpc) is 2.97. The maximum atomic E-state index is 11.3. The number of ether oxygens (including phenoxy) is 2. The zero-order chi connectivity index (χ0) is 15.5. The van der Waals surface area contributed by atoms with E-state index in [1.54, 1.807) is 0 Å². The maximum absolute atomic E-state index is 11.3. The first-order chi connectivity index (χ1) is 10.7. The first-order valence-corrected chi connectivity index (χ1v) is 7.34. The number of aliphatic carboxylic acids is 1. The van der Waals surface area contributed by atoms with Gasteiger partial charge in [0.15, 0.2) is 0 Å². The van der Waals surface area contributed by atoms with Crippen molar-refractivity contribution in [1.82, 2.24) is 0 Å². The first kappa shape index (κ1) is 14.8. The van der Waals surface area contributed by atoms with E-state index in [0.29, 0.717) is 25.1 Å². The van der Waals surface area contributed by atoms with Crippen LogP contribution >= 0.6 is 0 Å². The molecule has 0 unspecified atom stereocenters. The van der Waals surface area contributed by atoms with E-state index >= 15 is 0 Å². The van der Waals surface area contributed by atoms with E-state index in [-0.39, 0.29) is 11.8 Å². The highest BCUT2D eigenvalue weighted by Gasteiger charge is 2.43. The molecule has 1 aliphatic carbocycles. The van der Waals surface area contributed by atoms with Gasteiger partial charge < -0.3 is 20.3 Å². The summed E-state index contributed by atoms with van der Waals surface area (Å²) in [5.74, 6) is -1.18. The summed E-state index contributed by atoms with van der Waals surface area (Å²) in [5, 5.41) is 9.29. The number of benzene rings is 1. The van der Waals surface area contributed by atoms with Crippen LogP contribution in [0.5, 0.6) is 0 Å². The minimum atomic E-state index is -0.941. The predicted molar refractivity (Wildman–Crippen MR) is 80.6 cm³/mol. The molecule has 3 atom stereocenters. The Bertz CT molecular complexity index is 608. The van der Waals surface area contributed by atoms with Crippen molar-refractivity contribution in [1.29, 1.82) is 0 Å².